The topological polar surface area (TPSA) is 46.5 Å². The highest BCUT2D eigenvalue weighted by Crippen LogP contribution is 2.26. The van der Waals surface area contributed by atoms with E-state index in [0.717, 1.165) is 16.7 Å². The molecule has 1 N–H and O–H groups in total. The Labute approximate surface area is 106 Å². The highest BCUT2D eigenvalue weighted by atomic mass is 16.5. The summed E-state index contributed by atoms with van der Waals surface area (Å²) >= 11 is 0. The second-order valence-corrected chi connectivity index (χ2v) is 4.07. The van der Waals surface area contributed by atoms with Crippen molar-refractivity contribution >= 4 is 5.97 Å². The van der Waals surface area contributed by atoms with Crippen LogP contribution in [0.1, 0.15) is 15.9 Å². The van der Waals surface area contributed by atoms with Gasteiger partial charge in [0.15, 0.2) is 0 Å². The van der Waals surface area contributed by atoms with Crippen molar-refractivity contribution < 1.29 is 14.6 Å². The molecule has 0 fully saturated rings. The maximum absolute atomic E-state index is 11.4. The first-order valence-electron chi connectivity index (χ1n) is 5.60. The lowest BCUT2D eigenvalue weighted by molar-refractivity contribution is 0.0601. The van der Waals surface area contributed by atoms with Crippen LogP contribution in [-0.4, -0.2) is 18.2 Å². The number of benzene rings is 2. The lowest BCUT2D eigenvalue weighted by Crippen LogP contribution is -2.00. The SMILES string of the molecule is COC(=O)c1cccc(-c2ccc(C)c(O)c2)c1. The van der Waals surface area contributed by atoms with Crippen molar-refractivity contribution in [3.63, 3.8) is 0 Å². The largest absolute Gasteiger partial charge is 0.508 e. The summed E-state index contributed by atoms with van der Waals surface area (Å²) in [5.74, 6) is -0.121. The summed E-state index contributed by atoms with van der Waals surface area (Å²) in [5, 5.41) is 9.69. The molecule has 0 aromatic heterocycles. The van der Waals surface area contributed by atoms with Gasteiger partial charge in [-0.05, 0) is 41.8 Å². The van der Waals surface area contributed by atoms with E-state index in [2.05, 4.69) is 4.74 Å². The van der Waals surface area contributed by atoms with Gasteiger partial charge in [-0.2, -0.15) is 0 Å². The maximum Gasteiger partial charge on any atom is 0.337 e. The fraction of sp³-hybridized carbons (Fsp3) is 0.133. The number of phenols is 1. The predicted octanol–water partition coefficient (Wildman–Crippen LogP) is 3.15. The molecule has 2 aromatic carbocycles. The second kappa shape index (κ2) is 4.92. The van der Waals surface area contributed by atoms with Crippen LogP contribution in [0.3, 0.4) is 0 Å². The summed E-state index contributed by atoms with van der Waals surface area (Å²) in [6.45, 7) is 1.84. The van der Waals surface area contributed by atoms with Gasteiger partial charge < -0.3 is 9.84 Å². The Balaban J connectivity index is 2.44. The Hall–Kier alpha value is -2.29. The van der Waals surface area contributed by atoms with Crippen LogP contribution in [0.5, 0.6) is 5.75 Å². The molecule has 0 radical (unpaired) electrons. The first kappa shape index (κ1) is 12.2. The van der Waals surface area contributed by atoms with Gasteiger partial charge in [-0.15, -0.1) is 0 Å². The first-order chi connectivity index (χ1) is 8.61. The van der Waals surface area contributed by atoms with Crippen molar-refractivity contribution in [2.45, 2.75) is 6.92 Å². The Morgan fingerprint density at radius 2 is 1.83 bits per heavy atom. The standard InChI is InChI=1S/C15H14O3/c1-10-6-7-12(9-14(10)16)11-4-3-5-13(8-11)15(17)18-2/h3-9,16H,1-2H3. The molecule has 0 spiro atoms. The molecule has 0 aliphatic rings. The minimum atomic E-state index is -0.367. The van der Waals surface area contributed by atoms with Crippen LogP contribution in [0.4, 0.5) is 0 Å². The third-order valence-corrected chi connectivity index (χ3v) is 2.83. The fourth-order valence-electron chi connectivity index (χ4n) is 1.73. The average Bonchev–Trinajstić information content (AvgIpc) is 2.41. The quantitative estimate of drug-likeness (QED) is 0.823. The molecule has 0 bridgehead atoms. The fourth-order valence-corrected chi connectivity index (χ4v) is 1.73. The first-order valence-corrected chi connectivity index (χ1v) is 5.60. The van der Waals surface area contributed by atoms with Gasteiger partial charge in [-0.3, -0.25) is 0 Å². The number of carbonyl (C=O) groups is 1. The molecular weight excluding hydrogens is 228 g/mol. The van der Waals surface area contributed by atoms with Crippen LogP contribution in [0.15, 0.2) is 42.5 Å². The number of aromatic hydroxyl groups is 1. The normalized spacial score (nSPS) is 10.1. The van der Waals surface area contributed by atoms with Gasteiger partial charge in [0.25, 0.3) is 0 Å². The van der Waals surface area contributed by atoms with Gasteiger partial charge in [0.2, 0.25) is 0 Å². The second-order valence-electron chi connectivity index (χ2n) is 4.07. The third kappa shape index (κ3) is 2.35. The summed E-state index contributed by atoms with van der Waals surface area (Å²) in [5.41, 5.74) is 3.05. The smallest absolute Gasteiger partial charge is 0.337 e. The van der Waals surface area contributed by atoms with E-state index in [1.807, 2.05) is 25.1 Å². The Morgan fingerprint density at radius 3 is 2.50 bits per heavy atom. The number of hydrogen-bond donors (Lipinski definition) is 1. The van der Waals surface area contributed by atoms with E-state index in [-0.39, 0.29) is 11.7 Å². The molecule has 0 aliphatic heterocycles. The minimum absolute atomic E-state index is 0.246. The molecule has 2 rings (SSSR count). The molecule has 0 saturated heterocycles. The van der Waals surface area contributed by atoms with Gasteiger partial charge in [0.05, 0.1) is 12.7 Å². The van der Waals surface area contributed by atoms with E-state index < -0.39 is 0 Å². The molecule has 0 saturated carbocycles. The molecule has 2 aromatic rings. The summed E-state index contributed by atoms with van der Waals surface area (Å²) in [4.78, 5) is 11.4. The average molecular weight is 242 g/mol. The van der Waals surface area contributed by atoms with Gasteiger partial charge in [-0.25, -0.2) is 4.79 Å². The molecule has 0 atom stereocenters. The van der Waals surface area contributed by atoms with Gasteiger partial charge in [-0.1, -0.05) is 24.3 Å². The molecule has 0 heterocycles. The molecule has 3 heteroatoms. The summed E-state index contributed by atoms with van der Waals surface area (Å²) in [6.07, 6.45) is 0. The zero-order chi connectivity index (χ0) is 13.1. The molecule has 3 nitrogen and oxygen atoms in total. The number of aryl methyl sites for hydroxylation is 1. The van der Waals surface area contributed by atoms with Crippen molar-refractivity contribution in [3.05, 3.63) is 53.6 Å². The Morgan fingerprint density at radius 1 is 1.11 bits per heavy atom. The summed E-state index contributed by atoms with van der Waals surface area (Å²) in [6, 6.07) is 12.6. The lowest BCUT2D eigenvalue weighted by Gasteiger charge is -2.06. The van der Waals surface area contributed by atoms with Gasteiger partial charge in [0.1, 0.15) is 5.75 Å². The highest BCUT2D eigenvalue weighted by Gasteiger charge is 2.07. The monoisotopic (exact) mass is 242 g/mol. The zero-order valence-electron chi connectivity index (χ0n) is 10.3. The zero-order valence-corrected chi connectivity index (χ0v) is 10.3. The maximum atomic E-state index is 11.4. The van der Waals surface area contributed by atoms with E-state index in [0.29, 0.717) is 5.56 Å². The van der Waals surface area contributed by atoms with Crippen LogP contribution in [0.25, 0.3) is 11.1 Å². The van der Waals surface area contributed by atoms with E-state index >= 15 is 0 Å². The number of esters is 1. The van der Waals surface area contributed by atoms with Crippen molar-refractivity contribution in [2.24, 2.45) is 0 Å². The number of methoxy groups -OCH3 is 1. The van der Waals surface area contributed by atoms with E-state index in [4.69, 9.17) is 0 Å². The van der Waals surface area contributed by atoms with Crippen LogP contribution < -0.4 is 0 Å². The highest BCUT2D eigenvalue weighted by molar-refractivity contribution is 5.91. The van der Waals surface area contributed by atoms with E-state index in [1.165, 1.54) is 7.11 Å². The number of hydrogen-bond acceptors (Lipinski definition) is 3. The molecule has 92 valence electrons. The number of rotatable bonds is 2. The molecular formula is C15H14O3. The van der Waals surface area contributed by atoms with Crippen LogP contribution in [-0.2, 0) is 4.74 Å². The summed E-state index contributed by atoms with van der Waals surface area (Å²) < 4.78 is 4.68. The van der Waals surface area contributed by atoms with Crippen molar-refractivity contribution in [2.75, 3.05) is 7.11 Å². The van der Waals surface area contributed by atoms with Crippen LogP contribution >= 0.6 is 0 Å². The van der Waals surface area contributed by atoms with Crippen molar-refractivity contribution in [1.29, 1.82) is 0 Å². The Kier molecular flexibility index (Phi) is 3.33. The third-order valence-electron chi connectivity index (χ3n) is 2.83. The lowest BCUT2D eigenvalue weighted by atomic mass is 10.0. The van der Waals surface area contributed by atoms with Gasteiger partial charge in [0, 0.05) is 0 Å². The molecule has 18 heavy (non-hydrogen) atoms. The van der Waals surface area contributed by atoms with E-state index in [9.17, 15) is 9.90 Å². The molecule has 0 aliphatic carbocycles. The van der Waals surface area contributed by atoms with E-state index in [1.54, 1.807) is 24.3 Å². The Bertz CT molecular complexity index is 588. The predicted molar refractivity (Wildman–Crippen MR) is 69.6 cm³/mol. The van der Waals surface area contributed by atoms with Crippen LogP contribution in [0.2, 0.25) is 0 Å². The minimum Gasteiger partial charge on any atom is -0.508 e. The summed E-state index contributed by atoms with van der Waals surface area (Å²) in [7, 11) is 1.35. The van der Waals surface area contributed by atoms with Crippen molar-refractivity contribution in [3.8, 4) is 16.9 Å². The number of phenolic OH excluding ortho intramolecular Hbond substituents is 1. The van der Waals surface area contributed by atoms with Crippen LogP contribution in [0, 0.1) is 6.92 Å². The van der Waals surface area contributed by atoms with Crippen molar-refractivity contribution in [1.82, 2.24) is 0 Å². The number of ether oxygens (including phenoxy) is 1. The molecule has 0 unspecified atom stereocenters. The number of carbonyl (C=O) groups excluding carboxylic acids is 1. The van der Waals surface area contributed by atoms with Gasteiger partial charge >= 0.3 is 5.97 Å². The molecule has 0 amide bonds.